The lowest BCUT2D eigenvalue weighted by Gasteiger charge is -2.30. The number of aliphatic imine (C=N–C) groups is 1. The van der Waals surface area contributed by atoms with E-state index in [1.807, 2.05) is 11.1 Å². The van der Waals surface area contributed by atoms with Crippen molar-refractivity contribution in [2.24, 2.45) is 4.99 Å². The second-order valence-corrected chi connectivity index (χ2v) is 5.41. The van der Waals surface area contributed by atoms with Crippen LogP contribution in [0.15, 0.2) is 72.0 Å². The zero-order chi connectivity index (χ0) is 18.1. The number of benzene rings is 1. The lowest BCUT2D eigenvalue weighted by molar-refractivity contribution is -0.274. The number of aromatic nitrogens is 2. The minimum atomic E-state index is -4.77. The first-order valence-corrected chi connectivity index (χ1v) is 7.66. The molecular weight excluding hydrogens is 347 g/mol. The third-order valence-corrected chi connectivity index (χ3v) is 3.77. The summed E-state index contributed by atoms with van der Waals surface area (Å²) >= 11 is 0. The molecule has 0 spiro atoms. The molecule has 0 saturated carbocycles. The number of fused-ring (bicyclic) bond motifs is 1. The summed E-state index contributed by atoms with van der Waals surface area (Å²) in [4.78, 5) is 12.5. The highest BCUT2D eigenvalue weighted by molar-refractivity contribution is 6.11. The molecule has 2 aliphatic heterocycles. The maximum Gasteiger partial charge on any atom is 0.573 e. The molecule has 2 aromatic rings. The van der Waals surface area contributed by atoms with Crippen LogP contribution >= 0.6 is 0 Å². The van der Waals surface area contributed by atoms with E-state index in [1.54, 1.807) is 35.6 Å². The van der Waals surface area contributed by atoms with E-state index < -0.39 is 6.36 Å². The summed E-state index contributed by atoms with van der Waals surface area (Å²) in [5.74, 6) is 1.00. The van der Waals surface area contributed by atoms with Crippen molar-refractivity contribution >= 4 is 11.5 Å². The molecule has 0 saturated heterocycles. The number of allylic oxidation sites excluding steroid dienone is 1. The summed E-state index contributed by atoms with van der Waals surface area (Å²) < 4.78 is 42.0. The maximum absolute atomic E-state index is 12.6. The third-order valence-electron chi connectivity index (χ3n) is 3.77. The number of hydrogen-bond donors (Lipinski definition) is 0. The van der Waals surface area contributed by atoms with Crippen molar-refractivity contribution in [3.8, 4) is 5.75 Å². The monoisotopic (exact) mass is 359 g/mol. The van der Waals surface area contributed by atoms with Gasteiger partial charge in [0.05, 0.1) is 12.3 Å². The Labute approximate surface area is 146 Å². The van der Waals surface area contributed by atoms with Gasteiger partial charge in [-0.1, -0.05) is 12.1 Å². The normalized spacial score (nSPS) is 16.3. The molecular formula is C17H12F3N5O. The van der Waals surface area contributed by atoms with Gasteiger partial charge in [0, 0.05) is 24.0 Å². The van der Waals surface area contributed by atoms with E-state index in [9.17, 15) is 13.2 Å². The zero-order valence-electron chi connectivity index (χ0n) is 13.3. The molecule has 0 N–H and O–H groups in total. The molecule has 0 atom stereocenters. The predicted molar refractivity (Wildman–Crippen MR) is 88.1 cm³/mol. The summed E-state index contributed by atoms with van der Waals surface area (Å²) in [5, 5.41) is 3.64. The first-order chi connectivity index (χ1) is 12.5. The lowest BCUT2D eigenvalue weighted by Crippen LogP contribution is -2.35. The fourth-order valence-electron chi connectivity index (χ4n) is 2.71. The highest BCUT2D eigenvalue weighted by Crippen LogP contribution is 2.31. The van der Waals surface area contributed by atoms with Gasteiger partial charge in [0.1, 0.15) is 17.9 Å². The summed E-state index contributed by atoms with van der Waals surface area (Å²) in [7, 11) is 0. The number of nitrogens with zero attached hydrogens (tertiary/aromatic N) is 5. The molecule has 0 fully saturated rings. The van der Waals surface area contributed by atoms with Crippen LogP contribution in [-0.4, -0.2) is 33.6 Å². The Bertz CT molecular complexity index is 908. The molecule has 2 aliphatic rings. The SMILES string of the molecule is FC(F)(F)Oc1ccccc1C1=NC2=CCN(c3ccncn3)N2C=C1. The van der Waals surface area contributed by atoms with Gasteiger partial charge in [0.15, 0.2) is 5.82 Å². The fourth-order valence-corrected chi connectivity index (χ4v) is 2.71. The first kappa shape index (κ1) is 16.1. The van der Waals surface area contributed by atoms with Crippen LogP contribution in [0.3, 0.4) is 0 Å². The van der Waals surface area contributed by atoms with E-state index in [0.29, 0.717) is 23.9 Å². The maximum atomic E-state index is 12.6. The molecule has 0 radical (unpaired) electrons. The van der Waals surface area contributed by atoms with E-state index >= 15 is 0 Å². The Morgan fingerprint density at radius 1 is 1.12 bits per heavy atom. The highest BCUT2D eigenvalue weighted by Gasteiger charge is 2.33. The van der Waals surface area contributed by atoms with Gasteiger partial charge in [-0.15, -0.1) is 13.2 Å². The summed E-state index contributed by atoms with van der Waals surface area (Å²) in [6.07, 6.45) is 3.53. The molecule has 0 aliphatic carbocycles. The van der Waals surface area contributed by atoms with E-state index in [1.165, 1.54) is 24.5 Å². The van der Waals surface area contributed by atoms with E-state index in [0.717, 1.165) is 0 Å². The molecule has 0 amide bonds. The molecule has 0 unspecified atom stereocenters. The van der Waals surface area contributed by atoms with Crippen molar-refractivity contribution < 1.29 is 17.9 Å². The Kier molecular flexibility index (Phi) is 3.83. The third kappa shape index (κ3) is 3.10. The van der Waals surface area contributed by atoms with Gasteiger partial charge >= 0.3 is 6.36 Å². The predicted octanol–water partition coefficient (Wildman–Crippen LogP) is 3.27. The Hall–Kier alpha value is -3.36. The number of rotatable bonds is 3. The van der Waals surface area contributed by atoms with Crippen LogP contribution in [0.2, 0.25) is 0 Å². The second kappa shape index (κ2) is 6.17. The van der Waals surface area contributed by atoms with Crippen LogP contribution in [0.4, 0.5) is 19.0 Å². The Morgan fingerprint density at radius 3 is 2.73 bits per heavy atom. The van der Waals surface area contributed by atoms with Crippen LogP contribution in [0.5, 0.6) is 5.75 Å². The fraction of sp³-hybridized carbons (Fsp3) is 0.118. The van der Waals surface area contributed by atoms with Gasteiger partial charge in [-0.25, -0.2) is 20.0 Å². The summed E-state index contributed by atoms with van der Waals surface area (Å²) in [5.41, 5.74) is 0.652. The number of alkyl halides is 3. The topological polar surface area (TPSA) is 53.9 Å². The molecule has 132 valence electrons. The first-order valence-electron chi connectivity index (χ1n) is 7.66. The number of halogens is 3. The smallest absolute Gasteiger partial charge is 0.405 e. The van der Waals surface area contributed by atoms with Crippen LogP contribution in [0, 0.1) is 0 Å². The molecule has 1 aromatic carbocycles. The number of anilines is 1. The van der Waals surface area contributed by atoms with Gasteiger partial charge in [-0.2, -0.15) is 0 Å². The largest absolute Gasteiger partial charge is 0.573 e. The Morgan fingerprint density at radius 2 is 1.96 bits per heavy atom. The second-order valence-electron chi connectivity index (χ2n) is 5.41. The standard InChI is InChI=1S/C17H12F3N5O/c18-17(19,20)26-14-4-2-1-3-12(14)13-6-9-25-16(23-13)7-10-24(25)15-5-8-21-11-22-15/h1-9,11H,10H2. The molecule has 9 heteroatoms. The molecule has 6 nitrogen and oxygen atoms in total. The number of para-hydroxylation sites is 1. The summed E-state index contributed by atoms with van der Waals surface area (Å²) in [6.45, 7) is 0.536. The average molecular weight is 359 g/mol. The lowest BCUT2D eigenvalue weighted by atomic mass is 10.1. The van der Waals surface area contributed by atoms with Crippen molar-refractivity contribution in [1.82, 2.24) is 15.0 Å². The van der Waals surface area contributed by atoms with Gasteiger partial charge in [-0.05, 0) is 24.3 Å². The van der Waals surface area contributed by atoms with Crippen LogP contribution in [-0.2, 0) is 0 Å². The van der Waals surface area contributed by atoms with Crippen LogP contribution < -0.4 is 9.75 Å². The van der Waals surface area contributed by atoms with E-state index in [4.69, 9.17) is 0 Å². The summed E-state index contributed by atoms with van der Waals surface area (Å²) in [6, 6.07) is 7.68. The Balaban J connectivity index is 1.62. The minimum absolute atomic E-state index is 0.266. The van der Waals surface area contributed by atoms with Gasteiger partial charge in [-0.3, -0.25) is 5.01 Å². The molecule has 1 aromatic heterocycles. The van der Waals surface area contributed by atoms with Crippen molar-refractivity contribution in [2.45, 2.75) is 6.36 Å². The highest BCUT2D eigenvalue weighted by atomic mass is 19.4. The molecule has 0 bridgehead atoms. The van der Waals surface area contributed by atoms with E-state index in [2.05, 4.69) is 19.7 Å². The van der Waals surface area contributed by atoms with Crippen molar-refractivity contribution in [2.75, 3.05) is 11.6 Å². The minimum Gasteiger partial charge on any atom is -0.405 e. The van der Waals surface area contributed by atoms with Crippen molar-refractivity contribution in [3.05, 3.63) is 72.6 Å². The zero-order valence-corrected chi connectivity index (χ0v) is 13.3. The van der Waals surface area contributed by atoms with Crippen molar-refractivity contribution in [1.29, 1.82) is 0 Å². The van der Waals surface area contributed by atoms with Gasteiger partial charge in [0.2, 0.25) is 0 Å². The molecule has 3 heterocycles. The number of hydrazine groups is 1. The average Bonchev–Trinajstić information content (AvgIpc) is 3.05. The molecule has 4 rings (SSSR count). The van der Waals surface area contributed by atoms with Gasteiger partial charge in [0.25, 0.3) is 0 Å². The van der Waals surface area contributed by atoms with Crippen molar-refractivity contribution in [3.63, 3.8) is 0 Å². The van der Waals surface area contributed by atoms with Crippen LogP contribution in [0.25, 0.3) is 0 Å². The number of hydrogen-bond acceptors (Lipinski definition) is 6. The van der Waals surface area contributed by atoms with Gasteiger partial charge < -0.3 is 4.74 Å². The quantitative estimate of drug-likeness (QED) is 0.842. The van der Waals surface area contributed by atoms with E-state index in [-0.39, 0.29) is 11.3 Å². The number of ether oxygens (including phenoxy) is 1. The van der Waals surface area contributed by atoms with Crippen LogP contribution in [0.1, 0.15) is 5.56 Å². The molecule has 26 heavy (non-hydrogen) atoms.